The van der Waals surface area contributed by atoms with Crippen molar-refractivity contribution in [3.8, 4) is 5.75 Å². The van der Waals surface area contributed by atoms with Crippen molar-refractivity contribution in [3.05, 3.63) is 27.4 Å². The van der Waals surface area contributed by atoms with Crippen molar-refractivity contribution in [3.63, 3.8) is 0 Å². The van der Waals surface area contributed by atoms with Gasteiger partial charge in [-0.25, -0.2) is 0 Å². The van der Waals surface area contributed by atoms with Crippen LogP contribution in [0.3, 0.4) is 0 Å². The third kappa shape index (κ3) is 3.28. The summed E-state index contributed by atoms with van der Waals surface area (Å²) in [5.74, 6) is -1.43. The number of nitrogens with two attached hydrogens (primary N) is 1. The number of aryl methyl sites for hydroxylation is 1. The van der Waals surface area contributed by atoms with Gasteiger partial charge in [0.25, 0.3) is 0 Å². The van der Waals surface area contributed by atoms with Gasteiger partial charge in [0.15, 0.2) is 5.69 Å². The highest BCUT2D eigenvalue weighted by Crippen LogP contribution is 2.31. The first kappa shape index (κ1) is 13.2. The van der Waals surface area contributed by atoms with Crippen molar-refractivity contribution in [2.45, 2.75) is 19.8 Å². The maximum Gasteiger partial charge on any atom is 0.573 e. The van der Waals surface area contributed by atoms with Crippen molar-refractivity contribution < 1.29 is 22.8 Å². The first-order chi connectivity index (χ1) is 7.74. The molecule has 94 valence electrons. The predicted molar refractivity (Wildman–Crippen MR) is 50.2 cm³/mol. The average molecular weight is 251 g/mol. The number of ether oxygens (including phenoxy) is 1. The summed E-state index contributed by atoms with van der Waals surface area (Å²) < 4.78 is 39.9. The molecule has 0 unspecified atom stereocenters. The molecule has 0 aliphatic heterocycles. The van der Waals surface area contributed by atoms with E-state index in [-0.39, 0.29) is 5.69 Å². The minimum atomic E-state index is -4.94. The molecule has 0 fully saturated rings. The molecule has 0 saturated heterocycles. The second-order valence-corrected chi connectivity index (χ2v) is 3.07. The van der Waals surface area contributed by atoms with Gasteiger partial charge in [-0.05, 0) is 9.91 Å². The lowest BCUT2D eigenvalue weighted by Crippen LogP contribution is -2.19. The van der Waals surface area contributed by atoms with Crippen LogP contribution in [-0.4, -0.2) is 16.3 Å². The van der Waals surface area contributed by atoms with Gasteiger partial charge in [0.2, 0.25) is 0 Å². The third-order valence-electron chi connectivity index (χ3n) is 1.79. The molecule has 1 rings (SSSR count). The van der Waals surface area contributed by atoms with Gasteiger partial charge in [-0.2, -0.15) is 0 Å². The molecular formula is C8H8F3N3O3. The average Bonchev–Trinajstić information content (AvgIpc) is 2.14. The van der Waals surface area contributed by atoms with E-state index in [1.807, 2.05) is 0 Å². The Balaban J connectivity index is 3.33. The molecule has 0 spiro atoms. The third-order valence-corrected chi connectivity index (χ3v) is 1.79. The Morgan fingerprint density at radius 2 is 2.18 bits per heavy atom. The number of nitrogens with zero attached hydrogens (tertiary/aromatic N) is 2. The second kappa shape index (κ2) is 4.53. The maximum absolute atomic E-state index is 12.1. The number of halogens is 3. The normalized spacial score (nSPS) is 11.4. The van der Waals surface area contributed by atoms with E-state index in [9.17, 15) is 23.3 Å². The summed E-state index contributed by atoms with van der Waals surface area (Å²) in [7, 11) is 0. The van der Waals surface area contributed by atoms with Crippen LogP contribution in [-0.2, 0) is 6.54 Å². The minimum Gasteiger partial charge on any atom is -0.405 e. The summed E-state index contributed by atoms with van der Waals surface area (Å²) in [6.07, 6.45) is -4.94. The highest BCUT2D eigenvalue weighted by molar-refractivity contribution is 5.45. The van der Waals surface area contributed by atoms with E-state index in [0.29, 0.717) is 0 Å². The van der Waals surface area contributed by atoms with Crippen LogP contribution in [0.2, 0.25) is 0 Å². The summed E-state index contributed by atoms with van der Waals surface area (Å²) in [4.78, 5) is 13.2. The van der Waals surface area contributed by atoms with E-state index in [1.54, 1.807) is 0 Å². The fraction of sp³-hybridized carbons (Fsp3) is 0.375. The van der Waals surface area contributed by atoms with Crippen LogP contribution in [0.5, 0.6) is 5.75 Å². The Morgan fingerprint density at radius 1 is 1.59 bits per heavy atom. The molecule has 9 heteroatoms. The molecule has 1 heterocycles. The minimum absolute atomic E-state index is 0.0353. The van der Waals surface area contributed by atoms with E-state index >= 15 is 0 Å². The molecule has 0 aliphatic carbocycles. The van der Waals surface area contributed by atoms with Crippen molar-refractivity contribution in [2.75, 3.05) is 0 Å². The van der Waals surface area contributed by atoms with Crippen LogP contribution < -0.4 is 10.5 Å². The summed E-state index contributed by atoms with van der Waals surface area (Å²) in [5, 5.41) is 10.6. The highest BCUT2D eigenvalue weighted by Gasteiger charge is 2.34. The molecule has 1 aromatic rings. The van der Waals surface area contributed by atoms with E-state index in [0.717, 1.165) is 6.07 Å². The lowest BCUT2D eigenvalue weighted by Gasteiger charge is -2.12. The molecule has 0 aliphatic rings. The number of rotatable bonds is 3. The van der Waals surface area contributed by atoms with Crippen LogP contribution >= 0.6 is 0 Å². The van der Waals surface area contributed by atoms with Gasteiger partial charge < -0.3 is 20.6 Å². The van der Waals surface area contributed by atoms with Crippen LogP contribution in [0.25, 0.3) is 0 Å². The highest BCUT2D eigenvalue weighted by atomic mass is 19.4. The Morgan fingerprint density at radius 3 is 2.59 bits per heavy atom. The smallest absolute Gasteiger partial charge is 0.405 e. The molecule has 1 aromatic heterocycles. The van der Waals surface area contributed by atoms with E-state index in [2.05, 4.69) is 9.72 Å². The lowest BCUT2D eigenvalue weighted by atomic mass is 10.2. The molecule has 0 atom stereocenters. The number of aromatic nitrogens is 1. The van der Waals surface area contributed by atoms with Crippen LogP contribution in [0.1, 0.15) is 11.3 Å². The van der Waals surface area contributed by atoms with Gasteiger partial charge in [0.05, 0.1) is 0 Å². The molecule has 0 amide bonds. The number of hydrogen-bond acceptors (Lipinski definition) is 5. The van der Waals surface area contributed by atoms with Crippen molar-refractivity contribution in [1.29, 1.82) is 0 Å². The van der Waals surface area contributed by atoms with Gasteiger partial charge in [-0.3, -0.25) is 0 Å². The van der Waals surface area contributed by atoms with Crippen molar-refractivity contribution in [1.82, 2.24) is 4.98 Å². The molecule has 17 heavy (non-hydrogen) atoms. The second-order valence-electron chi connectivity index (χ2n) is 3.07. The molecule has 2 N–H and O–H groups in total. The van der Waals surface area contributed by atoms with Gasteiger partial charge in [-0.15, -0.1) is 13.2 Å². The van der Waals surface area contributed by atoms with Crippen molar-refractivity contribution >= 4 is 5.82 Å². The van der Waals surface area contributed by atoms with Gasteiger partial charge >= 0.3 is 12.2 Å². The number of pyridine rings is 1. The van der Waals surface area contributed by atoms with Gasteiger partial charge in [0, 0.05) is 19.5 Å². The summed E-state index contributed by atoms with van der Waals surface area (Å²) in [6.45, 7) is 0.839. The number of hydrogen-bond donors (Lipinski definition) is 1. The van der Waals surface area contributed by atoms with E-state index in [4.69, 9.17) is 5.73 Å². The maximum atomic E-state index is 12.1. The molecule has 6 nitrogen and oxygen atoms in total. The number of alkyl halides is 3. The quantitative estimate of drug-likeness (QED) is 0.651. The Bertz CT molecular complexity index is 448. The first-order valence-electron chi connectivity index (χ1n) is 4.35. The Kier molecular flexibility index (Phi) is 3.51. The number of nitro groups is 1. The molecule has 0 aromatic carbocycles. The molecule has 0 saturated carbocycles. The van der Waals surface area contributed by atoms with Gasteiger partial charge in [0.1, 0.15) is 11.3 Å². The topological polar surface area (TPSA) is 91.3 Å². The predicted octanol–water partition coefficient (Wildman–Crippen LogP) is 1.66. The molecule has 0 bridgehead atoms. The van der Waals surface area contributed by atoms with Crippen LogP contribution in [0, 0.1) is 17.0 Å². The van der Waals surface area contributed by atoms with E-state index < -0.39 is 35.0 Å². The molecule has 0 radical (unpaired) electrons. The SMILES string of the molecule is Cc1cc(OC(F)(F)F)c(CN)c([N+](=O)[O-])n1. The fourth-order valence-electron chi connectivity index (χ4n) is 1.21. The van der Waals surface area contributed by atoms with Crippen molar-refractivity contribution in [2.24, 2.45) is 5.73 Å². The zero-order chi connectivity index (χ0) is 13.2. The van der Waals surface area contributed by atoms with Crippen LogP contribution in [0.15, 0.2) is 6.07 Å². The standard InChI is InChI=1S/C8H8F3N3O3/c1-4-2-6(17-8(9,10)11)5(3-12)7(13-4)14(15)16/h2H,3,12H2,1H3. The summed E-state index contributed by atoms with van der Waals surface area (Å²) in [6, 6.07) is 0.947. The molecular weight excluding hydrogens is 243 g/mol. The zero-order valence-corrected chi connectivity index (χ0v) is 8.61. The zero-order valence-electron chi connectivity index (χ0n) is 8.61. The monoisotopic (exact) mass is 251 g/mol. The Labute approximate surface area is 93.3 Å². The summed E-state index contributed by atoms with van der Waals surface area (Å²) in [5.41, 5.74) is 4.81. The van der Waals surface area contributed by atoms with Crippen LogP contribution in [0.4, 0.5) is 19.0 Å². The lowest BCUT2D eigenvalue weighted by molar-refractivity contribution is -0.390. The summed E-state index contributed by atoms with van der Waals surface area (Å²) >= 11 is 0. The largest absolute Gasteiger partial charge is 0.573 e. The first-order valence-corrected chi connectivity index (χ1v) is 4.35. The van der Waals surface area contributed by atoms with Gasteiger partial charge in [-0.1, -0.05) is 0 Å². The van der Waals surface area contributed by atoms with E-state index in [1.165, 1.54) is 6.92 Å². The Hall–Kier alpha value is -1.90. The fourth-order valence-corrected chi connectivity index (χ4v) is 1.21.